The molecule has 0 fully saturated rings. The van der Waals surface area contributed by atoms with E-state index in [1.807, 2.05) is 0 Å². The fourth-order valence-electron chi connectivity index (χ4n) is 0.484. The molecule has 0 heterocycles. The first-order valence-electron chi connectivity index (χ1n) is 2.79. The van der Waals surface area contributed by atoms with Gasteiger partial charge in [0.25, 0.3) is 0 Å². The van der Waals surface area contributed by atoms with E-state index in [1.54, 1.807) is 0 Å². The molecule has 0 aliphatic carbocycles. The molecule has 0 aromatic rings. The normalized spacial score (nSPS) is 9.36. The van der Waals surface area contributed by atoms with Gasteiger partial charge < -0.3 is 14.4 Å². The molecule has 14 heavy (non-hydrogen) atoms. The minimum absolute atomic E-state index is 0. The van der Waals surface area contributed by atoms with Crippen molar-refractivity contribution in [1.29, 1.82) is 0 Å². The molecule has 1 amide bonds. The molecule has 70 valence electrons. The molecule has 7 nitrogen and oxygen atoms in total. The van der Waals surface area contributed by atoms with Crippen LogP contribution in [0.4, 0.5) is 0 Å². The Morgan fingerprint density at radius 2 is 1.86 bits per heavy atom. The van der Waals surface area contributed by atoms with E-state index in [-0.39, 0.29) is 70.6 Å². The average molecular weight is 241 g/mol. The SMILES string of the molecule is O=CN(O)CC(=O)CP(=O)([O-])[O-].[Na+].[Na+]. The van der Waals surface area contributed by atoms with Gasteiger partial charge in [0.1, 0.15) is 6.54 Å². The van der Waals surface area contributed by atoms with Crippen molar-refractivity contribution in [3.8, 4) is 0 Å². The predicted octanol–water partition coefficient (Wildman–Crippen LogP) is -8.68. The van der Waals surface area contributed by atoms with Crippen LogP contribution in [-0.4, -0.2) is 35.2 Å². The third-order valence-corrected chi connectivity index (χ3v) is 1.57. The molecule has 0 saturated heterocycles. The molecule has 0 rings (SSSR count). The predicted molar refractivity (Wildman–Crippen MR) is 32.0 cm³/mol. The first kappa shape index (κ1) is 20.6. The fraction of sp³-hybridized carbons (Fsp3) is 0.500. The Bertz CT molecular complexity index is 230. The standard InChI is InChI=1S/C4H8NO6P.2Na/c6-3-5(8)1-4(7)2-12(9,10)11;;/h3,8H,1-2H2,(H2,9,10,11);;/q;2*+1/p-2. The summed E-state index contributed by atoms with van der Waals surface area (Å²) in [4.78, 5) is 40.1. The van der Waals surface area contributed by atoms with E-state index >= 15 is 0 Å². The minimum atomic E-state index is -4.89. The molecular formula is C4H6NNa2O6P. The Labute approximate surface area is 125 Å². The Morgan fingerprint density at radius 3 is 2.14 bits per heavy atom. The van der Waals surface area contributed by atoms with Crippen molar-refractivity contribution in [2.45, 2.75) is 0 Å². The van der Waals surface area contributed by atoms with Gasteiger partial charge in [-0.1, -0.05) is 7.60 Å². The zero-order valence-electron chi connectivity index (χ0n) is 7.87. The summed E-state index contributed by atoms with van der Waals surface area (Å²) in [5.74, 6) is -1.03. The van der Waals surface area contributed by atoms with Crippen LogP contribution in [0.1, 0.15) is 0 Å². The van der Waals surface area contributed by atoms with Gasteiger partial charge in [-0.2, -0.15) is 0 Å². The first-order valence-corrected chi connectivity index (χ1v) is 4.51. The fourth-order valence-corrected chi connectivity index (χ4v) is 1.02. The molecule has 0 bridgehead atoms. The van der Waals surface area contributed by atoms with Crippen LogP contribution in [0, 0.1) is 0 Å². The smallest absolute Gasteiger partial charge is 0.810 e. The van der Waals surface area contributed by atoms with Crippen molar-refractivity contribution < 1.29 is 88.3 Å². The van der Waals surface area contributed by atoms with Gasteiger partial charge in [0.15, 0.2) is 5.78 Å². The quantitative estimate of drug-likeness (QED) is 0.168. The van der Waals surface area contributed by atoms with Gasteiger partial charge in [-0.05, 0) is 0 Å². The van der Waals surface area contributed by atoms with Gasteiger partial charge in [-0.15, -0.1) is 0 Å². The Kier molecular flexibility index (Phi) is 14.0. The third kappa shape index (κ3) is 13.2. The number of Topliss-reactive ketones (excluding diaryl/α,β-unsaturated/α-hetero) is 1. The van der Waals surface area contributed by atoms with Crippen LogP contribution in [0.15, 0.2) is 0 Å². The molecule has 0 radical (unpaired) electrons. The molecule has 0 atom stereocenters. The van der Waals surface area contributed by atoms with Crippen molar-refractivity contribution in [1.82, 2.24) is 5.06 Å². The number of carbonyl (C=O) groups excluding carboxylic acids is 2. The van der Waals surface area contributed by atoms with Crippen molar-refractivity contribution in [3.63, 3.8) is 0 Å². The zero-order chi connectivity index (χ0) is 9.78. The molecule has 0 aliphatic rings. The van der Waals surface area contributed by atoms with Crippen LogP contribution < -0.4 is 68.9 Å². The second-order valence-corrected chi connectivity index (χ2v) is 3.55. The van der Waals surface area contributed by atoms with Crippen LogP contribution in [0.5, 0.6) is 0 Å². The maximum atomic E-state index is 10.5. The van der Waals surface area contributed by atoms with E-state index in [4.69, 9.17) is 5.21 Å². The maximum absolute atomic E-state index is 10.5. The van der Waals surface area contributed by atoms with Gasteiger partial charge in [0, 0.05) is 6.16 Å². The van der Waals surface area contributed by atoms with Gasteiger partial charge in [-0.3, -0.25) is 14.8 Å². The Balaban J connectivity index is -0.000000605. The summed E-state index contributed by atoms with van der Waals surface area (Å²) in [6.07, 6.45) is -1.27. The maximum Gasteiger partial charge on any atom is 1.00 e. The summed E-state index contributed by atoms with van der Waals surface area (Å²) >= 11 is 0. The Morgan fingerprint density at radius 1 is 1.43 bits per heavy atom. The van der Waals surface area contributed by atoms with Crippen molar-refractivity contribution in [2.75, 3.05) is 12.7 Å². The molecule has 0 aliphatic heterocycles. The molecular weight excluding hydrogens is 235 g/mol. The molecule has 0 spiro atoms. The number of carbonyl (C=O) groups is 2. The topological polar surface area (TPSA) is 121 Å². The van der Waals surface area contributed by atoms with E-state index < -0.39 is 26.1 Å². The molecule has 0 aromatic carbocycles. The summed E-state index contributed by atoms with van der Waals surface area (Å²) < 4.78 is 9.97. The summed E-state index contributed by atoms with van der Waals surface area (Å²) in [6.45, 7) is -0.794. The Hall–Kier alpha value is 1.25. The second kappa shape index (κ2) is 9.47. The van der Waals surface area contributed by atoms with Crippen molar-refractivity contribution in [2.24, 2.45) is 0 Å². The molecule has 0 unspecified atom stereocenters. The zero-order valence-corrected chi connectivity index (χ0v) is 12.8. The van der Waals surface area contributed by atoms with Gasteiger partial charge in [-0.25, -0.2) is 5.06 Å². The van der Waals surface area contributed by atoms with Crippen LogP contribution in [-0.2, 0) is 14.2 Å². The molecule has 1 N–H and O–H groups in total. The summed E-state index contributed by atoms with van der Waals surface area (Å²) in [5.41, 5.74) is 0. The van der Waals surface area contributed by atoms with Crippen molar-refractivity contribution >= 4 is 19.8 Å². The largest absolute Gasteiger partial charge is 1.00 e. The second-order valence-electron chi connectivity index (χ2n) is 2.01. The summed E-state index contributed by atoms with van der Waals surface area (Å²) in [7, 11) is -4.89. The number of hydrogen-bond acceptors (Lipinski definition) is 6. The minimum Gasteiger partial charge on any atom is -0.810 e. The first-order chi connectivity index (χ1) is 5.35. The number of ketones is 1. The van der Waals surface area contributed by atoms with E-state index in [0.717, 1.165) is 0 Å². The van der Waals surface area contributed by atoms with Crippen LogP contribution in [0.2, 0.25) is 0 Å². The molecule has 0 saturated carbocycles. The molecule has 10 heteroatoms. The number of hydroxylamine groups is 2. The van der Waals surface area contributed by atoms with Gasteiger partial charge in [0.05, 0.1) is 0 Å². The van der Waals surface area contributed by atoms with E-state index in [2.05, 4.69) is 0 Å². The van der Waals surface area contributed by atoms with Crippen molar-refractivity contribution in [3.05, 3.63) is 0 Å². The summed E-state index contributed by atoms with van der Waals surface area (Å²) in [6, 6.07) is 0. The van der Waals surface area contributed by atoms with Crippen LogP contribution >= 0.6 is 7.60 Å². The number of nitrogens with zero attached hydrogens (tertiary/aromatic N) is 1. The molecule has 0 aromatic heterocycles. The number of amides is 1. The van der Waals surface area contributed by atoms with Gasteiger partial charge >= 0.3 is 59.1 Å². The summed E-state index contributed by atoms with van der Waals surface area (Å²) in [5, 5.41) is 8.33. The number of hydrogen-bond donors (Lipinski definition) is 1. The average Bonchev–Trinajstić information content (AvgIpc) is 1.82. The van der Waals surface area contributed by atoms with E-state index in [1.165, 1.54) is 0 Å². The monoisotopic (exact) mass is 241 g/mol. The third-order valence-electron chi connectivity index (χ3n) is 0.830. The van der Waals surface area contributed by atoms with Gasteiger partial charge in [0.2, 0.25) is 6.41 Å². The van der Waals surface area contributed by atoms with E-state index in [0.29, 0.717) is 0 Å². The van der Waals surface area contributed by atoms with Crippen LogP contribution in [0.25, 0.3) is 0 Å². The van der Waals surface area contributed by atoms with E-state index in [9.17, 15) is 23.9 Å². The van der Waals surface area contributed by atoms with Crippen LogP contribution in [0.3, 0.4) is 0 Å². The number of rotatable bonds is 5.